The highest BCUT2D eigenvalue weighted by Crippen LogP contribution is 2.22. The molecule has 6 nitrogen and oxygen atoms in total. The summed E-state index contributed by atoms with van der Waals surface area (Å²) in [5.41, 5.74) is 5.01. The van der Waals surface area contributed by atoms with Gasteiger partial charge in [-0.2, -0.15) is 0 Å². The number of carbonyl (C=O) groups excluding carboxylic acids is 2. The van der Waals surface area contributed by atoms with Gasteiger partial charge in [0.2, 0.25) is 5.91 Å². The van der Waals surface area contributed by atoms with Gasteiger partial charge in [-0.05, 0) is 19.1 Å². The van der Waals surface area contributed by atoms with E-state index >= 15 is 0 Å². The van der Waals surface area contributed by atoms with Crippen molar-refractivity contribution in [1.29, 1.82) is 0 Å². The van der Waals surface area contributed by atoms with Crippen LogP contribution in [0.4, 0.5) is 0 Å². The van der Waals surface area contributed by atoms with E-state index in [2.05, 4.69) is 5.32 Å². The minimum Gasteiger partial charge on any atom is -0.508 e. The maximum Gasteiger partial charge on any atom is 0.255 e. The summed E-state index contributed by atoms with van der Waals surface area (Å²) >= 11 is 0. The summed E-state index contributed by atoms with van der Waals surface area (Å²) in [6.07, 6.45) is 0.0184. The van der Waals surface area contributed by atoms with Crippen molar-refractivity contribution in [3.8, 4) is 11.5 Å². The molecule has 0 aliphatic carbocycles. The molecular weight excluding hydrogens is 224 g/mol. The largest absolute Gasteiger partial charge is 0.508 e. The van der Waals surface area contributed by atoms with Gasteiger partial charge in [0, 0.05) is 18.5 Å². The minimum atomic E-state index is -0.531. The van der Waals surface area contributed by atoms with E-state index < -0.39 is 17.9 Å². The fourth-order valence-electron chi connectivity index (χ4n) is 1.37. The Kier molecular flexibility index (Phi) is 3.92. The molecule has 6 heteroatoms. The van der Waals surface area contributed by atoms with Crippen LogP contribution in [0.25, 0.3) is 0 Å². The van der Waals surface area contributed by atoms with Gasteiger partial charge >= 0.3 is 0 Å². The van der Waals surface area contributed by atoms with E-state index in [9.17, 15) is 14.7 Å². The number of hydrogen-bond acceptors (Lipinski definition) is 4. The highest BCUT2D eigenvalue weighted by Gasteiger charge is 2.15. The van der Waals surface area contributed by atoms with Crippen LogP contribution >= 0.6 is 0 Å². The molecule has 0 aromatic heterocycles. The number of nitrogens with two attached hydrogens (primary N) is 1. The van der Waals surface area contributed by atoms with Gasteiger partial charge < -0.3 is 21.3 Å². The summed E-state index contributed by atoms with van der Waals surface area (Å²) in [6.45, 7) is 1.63. The van der Waals surface area contributed by atoms with Crippen LogP contribution in [0.15, 0.2) is 18.2 Å². The lowest BCUT2D eigenvalue weighted by molar-refractivity contribution is -0.118. The van der Waals surface area contributed by atoms with Crippen molar-refractivity contribution < 1.29 is 19.8 Å². The summed E-state index contributed by atoms with van der Waals surface area (Å²) in [7, 11) is 0. The third kappa shape index (κ3) is 3.67. The van der Waals surface area contributed by atoms with Crippen LogP contribution < -0.4 is 11.1 Å². The Morgan fingerprint density at radius 1 is 1.41 bits per heavy atom. The van der Waals surface area contributed by atoms with Gasteiger partial charge in [-0.15, -0.1) is 0 Å². The van der Waals surface area contributed by atoms with Crippen molar-refractivity contribution in [1.82, 2.24) is 5.32 Å². The zero-order valence-electron chi connectivity index (χ0n) is 9.30. The predicted molar refractivity (Wildman–Crippen MR) is 60.5 cm³/mol. The monoisotopic (exact) mass is 238 g/mol. The summed E-state index contributed by atoms with van der Waals surface area (Å²) in [5.74, 6) is -1.51. The van der Waals surface area contributed by atoms with Gasteiger partial charge in [0.15, 0.2) is 0 Å². The van der Waals surface area contributed by atoms with Crippen LogP contribution in [0.5, 0.6) is 11.5 Å². The molecular formula is C11H14N2O4. The highest BCUT2D eigenvalue weighted by atomic mass is 16.3. The molecule has 0 saturated heterocycles. The normalized spacial score (nSPS) is 11.8. The van der Waals surface area contributed by atoms with Crippen molar-refractivity contribution in [2.45, 2.75) is 19.4 Å². The Hall–Kier alpha value is -2.24. The molecule has 0 aliphatic rings. The van der Waals surface area contributed by atoms with Gasteiger partial charge in [0.25, 0.3) is 5.91 Å². The van der Waals surface area contributed by atoms with E-state index in [1.165, 1.54) is 12.1 Å². The number of carbonyl (C=O) groups is 2. The molecule has 0 bridgehead atoms. The number of benzene rings is 1. The van der Waals surface area contributed by atoms with Gasteiger partial charge in [0.1, 0.15) is 11.5 Å². The number of nitrogens with one attached hydrogen (secondary N) is 1. The van der Waals surface area contributed by atoms with E-state index in [0.717, 1.165) is 6.07 Å². The van der Waals surface area contributed by atoms with Crippen molar-refractivity contribution >= 4 is 11.8 Å². The third-order valence-corrected chi connectivity index (χ3v) is 2.11. The van der Waals surface area contributed by atoms with Crippen LogP contribution in [0.1, 0.15) is 23.7 Å². The molecule has 1 rings (SSSR count). The second-order valence-electron chi connectivity index (χ2n) is 3.75. The first-order valence-corrected chi connectivity index (χ1v) is 5.01. The van der Waals surface area contributed by atoms with Gasteiger partial charge in [-0.25, -0.2) is 0 Å². The molecule has 1 atom stereocenters. The number of aromatic hydroxyl groups is 2. The fraction of sp³-hybridized carbons (Fsp3) is 0.273. The van der Waals surface area contributed by atoms with E-state index in [4.69, 9.17) is 10.8 Å². The van der Waals surface area contributed by atoms with Crippen LogP contribution in [-0.2, 0) is 4.79 Å². The number of hydrogen-bond donors (Lipinski definition) is 4. The minimum absolute atomic E-state index is 0.0184. The average molecular weight is 238 g/mol. The highest BCUT2D eigenvalue weighted by molar-refractivity contribution is 5.97. The Labute approximate surface area is 98.1 Å². The molecule has 0 saturated carbocycles. The van der Waals surface area contributed by atoms with E-state index in [1.807, 2.05) is 0 Å². The van der Waals surface area contributed by atoms with E-state index in [0.29, 0.717) is 0 Å². The molecule has 0 spiro atoms. The predicted octanol–water partition coefficient (Wildman–Crippen LogP) is 0.0915. The Morgan fingerprint density at radius 2 is 2.06 bits per heavy atom. The Bertz CT molecular complexity index is 445. The van der Waals surface area contributed by atoms with Gasteiger partial charge in [0.05, 0.1) is 5.56 Å². The topological polar surface area (TPSA) is 113 Å². The standard InChI is InChI=1S/C11H14N2O4/c1-6(4-10(12)16)13-11(17)8-3-2-7(14)5-9(8)15/h2-3,5-6,14-15H,4H2,1H3,(H2,12,16)(H,13,17). The van der Waals surface area contributed by atoms with Crippen molar-refractivity contribution in [2.75, 3.05) is 0 Å². The first-order chi connectivity index (χ1) is 7.90. The lowest BCUT2D eigenvalue weighted by atomic mass is 10.1. The third-order valence-electron chi connectivity index (χ3n) is 2.11. The lowest BCUT2D eigenvalue weighted by Crippen LogP contribution is -2.35. The molecule has 0 aliphatic heterocycles. The number of amides is 2. The fourth-order valence-corrected chi connectivity index (χ4v) is 1.37. The zero-order valence-corrected chi connectivity index (χ0v) is 9.30. The van der Waals surface area contributed by atoms with Crippen LogP contribution in [0.3, 0.4) is 0 Å². The number of rotatable bonds is 4. The lowest BCUT2D eigenvalue weighted by Gasteiger charge is -2.12. The Morgan fingerprint density at radius 3 is 2.59 bits per heavy atom. The van der Waals surface area contributed by atoms with Crippen LogP contribution in [0.2, 0.25) is 0 Å². The molecule has 1 aromatic carbocycles. The second kappa shape index (κ2) is 5.20. The molecule has 5 N–H and O–H groups in total. The summed E-state index contributed by atoms with van der Waals surface area (Å²) in [6, 6.07) is 3.21. The van der Waals surface area contributed by atoms with E-state index in [-0.39, 0.29) is 23.5 Å². The molecule has 0 fully saturated rings. The van der Waals surface area contributed by atoms with Gasteiger partial charge in [-0.1, -0.05) is 0 Å². The number of phenolic OH excluding ortho intramolecular Hbond substituents is 2. The SMILES string of the molecule is CC(CC(N)=O)NC(=O)c1ccc(O)cc1O. The second-order valence-corrected chi connectivity index (χ2v) is 3.75. The van der Waals surface area contributed by atoms with Crippen molar-refractivity contribution in [3.63, 3.8) is 0 Å². The first-order valence-electron chi connectivity index (χ1n) is 5.01. The molecule has 1 unspecified atom stereocenters. The van der Waals surface area contributed by atoms with E-state index in [1.54, 1.807) is 6.92 Å². The Balaban J connectivity index is 2.73. The first kappa shape index (κ1) is 12.8. The molecule has 0 radical (unpaired) electrons. The molecule has 17 heavy (non-hydrogen) atoms. The van der Waals surface area contributed by atoms with Crippen molar-refractivity contribution in [2.24, 2.45) is 5.73 Å². The van der Waals surface area contributed by atoms with Gasteiger partial charge in [-0.3, -0.25) is 9.59 Å². The maximum absolute atomic E-state index is 11.7. The van der Waals surface area contributed by atoms with Crippen molar-refractivity contribution in [3.05, 3.63) is 23.8 Å². The quantitative estimate of drug-likeness (QED) is 0.595. The smallest absolute Gasteiger partial charge is 0.255 e. The number of phenols is 2. The average Bonchev–Trinajstić information content (AvgIpc) is 2.15. The summed E-state index contributed by atoms with van der Waals surface area (Å²) in [4.78, 5) is 22.3. The summed E-state index contributed by atoms with van der Waals surface area (Å²) in [5, 5.41) is 21.0. The number of primary amides is 1. The molecule has 92 valence electrons. The van der Waals surface area contributed by atoms with Crippen LogP contribution in [0, 0.1) is 0 Å². The van der Waals surface area contributed by atoms with Crippen LogP contribution in [-0.4, -0.2) is 28.1 Å². The molecule has 2 amide bonds. The molecule has 1 aromatic rings. The summed E-state index contributed by atoms with van der Waals surface area (Å²) < 4.78 is 0. The zero-order chi connectivity index (χ0) is 13.0. The molecule has 0 heterocycles. The maximum atomic E-state index is 11.7.